The average molecular weight is 264 g/mol. The van der Waals surface area contributed by atoms with Gasteiger partial charge in [-0.15, -0.1) is 0 Å². The summed E-state index contributed by atoms with van der Waals surface area (Å²) in [5.74, 6) is 0.556. The van der Waals surface area contributed by atoms with Crippen LogP contribution in [-0.4, -0.2) is 21.9 Å². The standard InChI is InChI=1S/C13H14ClN3O/c1-18-13-7-10(11(14)8-15-13)12-6-9-4-2-3-5-17(9)16-12/h6-8H,2-5H2,1H3. The molecule has 18 heavy (non-hydrogen) atoms. The van der Waals surface area contributed by atoms with Crippen LogP contribution in [0.3, 0.4) is 0 Å². The van der Waals surface area contributed by atoms with E-state index in [1.807, 2.05) is 6.07 Å². The summed E-state index contributed by atoms with van der Waals surface area (Å²) in [6, 6.07) is 3.94. The van der Waals surface area contributed by atoms with Gasteiger partial charge >= 0.3 is 0 Å². The summed E-state index contributed by atoms with van der Waals surface area (Å²) in [7, 11) is 1.60. The lowest BCUT2D eigenvalue weighted by Gasteiger charge is -2.11. The van der Waals surface area contributed by atoms with Gasteiger partial charge in [0.25, 0.3) is 0 Å². The fraction of sp³-hybridized carbons (Fsp3) is 0.385. The number of fused-ring (bicyclic) bond motifs is 1. The highest BCUT2D eigenvalue weighted by molar-refractivity contribution is 6.33. The third-order valence-electron chi connectivity index (χ3n) is 3.23. The molecule has 2 aromatic heterocycles. The van der Waals surface area contributed by atoms with E-state index < -0.39 is 0 Å². The van der Waals surface area contributed by atoms with Crippen LogP contribution in [0, 0.1) is 0 Å². The van der Waals surface area contributed by atoms with Crippen LogP contribution >= 0.6 is 11.6 Å². The van der Waals surface area contributed by atoms with Gasteiger partial charge in [-0.05, 0) is 25.3 Å². The van der Waals surface area contributed by atoms with Crippen LogP contribution < -0.4 is 4.74 Å². The maximum Gasteiger partial charge on any atom is 0.213 e. The van der Waals surface area contributed by atoms with Crippen molar-refractivity contribution in [2.45, 2.75) is 25.8 Å². The molecule has 1 aliphatic heterocycles. The minimum atomic E-state index is 0.556. The molecule has 0 saturated carbocycles. The Balaban J connectivity index is 2.06. The molecule has 3 rings (SSSR count). The van der Waals surface area contributed by atoms with E-state index in [0.717, 1.165) is 24.2 Å². The van der Waals surface area contributed by atoms with Gasteiger partial charge in [0, 0.05) is 23.9 Å². The zero-order valence-corrected chi connectivity index (χ0v) is 10.9. The van der Waals surface area contributed by atoms with Gasteiger partial charge in [0.2, 0.25) is 5.88 Å². The molecule has 0 radical (unpaired) electrons. The van der Waals surface area contributed by atoms with Crippen LogP contribution in [0.5, 0.6) is 5.88 Å². The third kappa shape index (κ3) is 1.97. The second-order valence-corrected chi connectivity index (χ2v) is 4.81. The van der Waals surface area contributed by atoms with Crippen molar-refractivity contribution in [2.75, 3.05) is 7.11 Å². The first-order valence-corrected chi connectivity index (χ1v) is 6.42. The highest BCUT2D eigenvalue weighted by Crippen LogP contribution is 2.30. The third-order valence-corrected chi connectivity index (χ3v) is 3.53. The topological polar surface area (TPSA) is 39.9 Å². The van der Waals surface area contributed by atoms with Gasteiger partial charge in [0.1, 0.15) is 0 Å². The highest BCUT2D eigenvalue weighted by Gasteiger charge is 2.15. The van der Waals surface area contributed by atoms with Crippen LogP contribution in [0.15, 0.2) is 18.3 Å². The van der Waals surface area contributed by atoms with E-state index in [9.17, 15) is 0 Å². The van der Waals surface area contributed by atoms with Gasteiger partial charge in [-0.25, -0.2) is 4.98 Å². The molecule has 3 heterocycles. The Morgan fingerprint density at radius 3 is 3.00 bits per heavy atom. The Kier molecular flexibility index (Phi) is 2.96. The zero-order chi connectivity index (χ0) is 12.5. The van der Waals surface area contributed by atoms with Crippen molar-refractivity contribution in [1.29, 1.82) is 0 Å². The molecule has 1 aliphatic rings. The number of aryl methyl sites for hydroxylation is 2. The van der Waals surface area contributed by atoms with Gasteiger partial charge < -0.3 is 4.74 Å². The van der Waals surface area contributed by atoms with Crippen LogP contribution in [0.1, 0.15) is 18.5 Å². The number of halogens is 1. The molecule has 0 amide bonds. The Morgan fingerprint density at radius 2 is 2.22 bits per heavy atom. The minimum Gasteiger partial charge on any atom is -0.481 e. The second kappa shape index (κ2) is 4.61. The Bertz CT molecular complexity index is 556. The number of aromatic nitrogens is 3. The lowest BCUT2D eigenvalue weighted by atomic mass is 10.1. The molecule has 0 aromatic carbocycles. The lowest BCUT2D eigenvalue weighted by molar-refractivity contribution is 0.398. The maximum absolute atomic E-state index is 6.18. The van der Waals surface area contributed by atoms with E-state index in [2.05, 4.69) is 20.8 Å². The second-order valence-electron chi connectivity index (χ2n) is 4.41. The molecule has 4 nitrogen and oxygen atoms in total. The summed E-state index contributed by atoms with van der Waals surface area (Å²) in [4.78, 5) is 4.08. The Hall–Kier alpha value is -1.55. The van der Waals surface area contributed by atoms with Gasteiger partial charge in [-0.1, -0.05) is 11.6 Å². The molecule has 0 saturated heterocycles. The number of nitrogens with zero attached hydrogens (tertiary/aromatic N) is 3. The zero-order valence-electron chi connectivity index (χ0n) is 10.2. The summed E-state index contributed by atoms with van der Waals surface area (Å²) in [5.41, 5.74) is 3.06. The molecule has 0 aliphatic carbocycles. The van der Waals surface area contributed by atoms with Crippen LogP contribution in [0.4, 0.5) is 0 Å². The summed E-state index contributed by atoms with van der Waals surface area (Å²) in [5, 5.41) is 5.21. The first-order valence-electron chi connectivity index (χ1n) is 6.04. The molecule has 0 fully saturated rings. The van der Waals surface area contributed by atoms with E-state index in [0.29, 0.717) is 10.9 Å². The lowest BCUT2D eigenvalue weighted by Crippen LogP contribution is -2.10. The number of pyridine rings is 1. The van der Waals surface area contributed by atoms with Crippen molar-refractivity contribution in [1.82, 2.24) is 14.8 Å². The fourth-order valence-corrected chi connectivity index (χ4v) is 2.48. The van der Waals surface area contributed by atoms with E-state index in [1.165, 1.54) is 18.5 Å². The number of ether oxygens (including phenoxy) is 1. The summed E-state index contributed by atoms with van der Waals surface area (Å²) < 4.78 is 7.20. The maximum atomic E-state index is 6.18. The Labute approximate surface area is 111 Å². The van der Waals surface area contributed by atoms with Crippen LogP contribution in [-0.2, 0) is 13.0 Å². The summed E-state index contributed by atoms with van der Waals surface area (Å²) >= 11 is 6.18. The van der Waals surface area contributed by atoms with Gasteiger partial charge in [-0.3, -0.25) is 4.68 Å². The van der Waals surface area contributed by atoms with E-state index in [4.69, 9.17) is 16.3 Å². The quantitative estimate of drug-likeness (QED) is 0.836. The SMILES string of the molecule is COc1cc(-c2cc3n(n2)CCCC3)c(Cl)cn1. The smallest absolute Gasteiger partial charge is 0.213 e. The number of methoxy groups -OCH3 is 1. The summed E-state index contributed by atoms with van der Waals surface area (Å²) in [6.07, 6.45) is 5.13. The highest BCUT2D eigenvalue weighted by atomic mass is 35.5. The van der Waals surface area contributed by atoms with Crippen LogP contribution in [0.25, 0.3) is 11.3 Å². The van der Waals surface area contributed by atoms with Gasteiger partial charge in [-0.2, -0.15) is 5.10 Å². The molecular weight excluding hydrogens is 250 g/mol. The predicted molar refractivity (Wildman–Crippen MR) is 70.0 cm³/mol. The first-order chi connectivity index (χ1) is 8.78. The molecule has 94 valence electrons. The molecule has 0 atom stereocenters. The fourth-order valence-electron chi connectivity index (χ4n) is 2.28. The van der Waals surface area contributed by atoms with Gasteiger partial charge in [0.05, 0.1) is 24.0 Å². The van der Waals surface area contributed by atoms with Crippen molar-refractivity contribution >= 4 is 11.6 Å². The Morgan fingerprint density at radius 1 is 1.33 bits per heavy atom. The summed E-state index contributed by atoms with van der Waals surface area (Å²) in [6.45, 7) is 0.995. The van der Waals surface area contributed by atoms with Gasteiger partial charge in [0.15, 0.2) is 0 Å². The van der Waals surface area contributed by atoms with Crippen LogP contribution in [0.2, 0.25) is 5.02 Å². The average Bonchev–Trinajstić information content (AvgIpc) is 2.82. The van der Waals surface area contributed by atoms with E-state index in [-0.39, 0.29) is 0 Å². The van der Waals surface area contributed by atoms with Crippen molar-refractivity contribution < 1.29 is 4.74 Å². The number of hydrogen-bond acceptors (Lipinski definition) is 3. The molecule has 0 unspecified atom stereocenters. The molecule has 2 aromatic rings. The predicted octanol–water partition coefficient (Wildman–Crippen LogP) is 2.94. The van der Waals surface area contributed by atoms with Crippen molar-refractivity contribution in [3.05, 3.63) is 29.0 Å². The van der Waals surface area contributed by atoms with Crippen molar-refractivity contribution in [3.63, 3.8) is 0 Å². The normalized spacial score (nSPS) is 14.3. The van der Waals surface area contributed by atoms with E-state index in [1.54, 1.807) is 13.3 Å². The molecule has 0 N–H and O–H groups in total. The first kappa shape index (κ1) is 11.5. The number of rotatable bonds is 2. The molecule has 0 bridgehead atoms. The largest absolute Gasteiger partial charge is 0.481 e. The van der Waals surface area contributed by atoms with Crippen molar-refractivity contribution in [2.24, 2.45) is 0 Å². The van der Waals surface area contributed by atoms with Crippen molar-refractivity contribution in [3.8, 4) is 17.1 Å². The minimum absolute atomic E-state index is 0.556. The molecule has 0 spiro atoms. The van der Waals surface area contributed by atoms with E-state index >= 15 is 0 Å². The molecular formula is C13H14ClN3O. The monoisotopic (exact) mass is 263 g/mol. The molecule has 5 heteroatoms. The number of hydrogen-bond donors (Lipinski definition) is 0.